The van der Waals surface area contributed by atoms with E-state index in [-0.39, 0.29) is 80.0 Å². The van der Waals surface area contributed by atoms with E-state index in [0.29, 0.717) is 21.7 Å². The van der Waals surface area contributed by atoms with Crippen LogP contribution in [0.2, 0.25) is 55.9 Å². The van der Waals surface area contributed by atoms with Crippen LogP contribution in [0.1, 0.15) is 0 Å². The fourth-order valence-corrected chi connectivity index (χ4v) is 7.60. The number of aromatic nitrogens is 12. The van der Waals surface area contributed by atoms with E-state index >= 15 is 0 Å². The number of pyridine rings is 6. The Balaban J connectivity index is 0.000000211. The zero-order valence-corrected chi connectivity index (χ0v) is 47.9. The molecule has 9 rings (SSSR count). The fourth-order valence-electron chi connectivity index (χ4n) is 5.63. The predicted molar refractivity (Wildman–Crippen MR) is 303 cm³/mol. The maximum atomic E-state index is 11.6. The van der Waals surface area contributed by atoms with Crippen LogP contribution in [0.5, 0.6) is 0 Å². The number of aromatic amines is 2. The molecule has 9 aromatic rings. The highest BCUT2D eigenvalue weighted by Gasteiger charge is 2.23. The van der Waals surface area contributed by atoms with Crippen molar-refractivity contribution in [1.29, 1.82) is 0 Å². The second-order valence-corrected chi connectivity index (χ2v) is 18.7. The van der Waals surface area contributed by atoms with Crippen molar-refractivity contribution in [2.75, 3.05) is 5.73 Å². The van der Waals surface area contributed by atoms with Gasteiger partial charge in [-0.25, -0.2) is 24.0 Å². The van der Waals surface area contributed by atoms with Crippen molar-refractivity contribution < 1.29 is 19.7 Å². The van der Waals surface area contributed by atoms with Crippen LogP contribution >= 0.6 is 128 Å². The molecule has 0 aliphatic rings. The monoisotopic (exact) mass is 1330 g/mol. The normalized spacial score (nSPS) is 10.2. The smallest absolute Gasteiger partial charge is 0.313 e. The van der Waals surface area contributed by atoms with E-state index in [1.807, 2.05) is 4.98 Å². The van der Waals surface area contributed by atoms with Gasteiger partial charge in [-0.3, -0.25) is 73.8 Å². The maximum absolute atomic E-state index is 11.6. The van der Waals surface area contributed by atoms with Gasteiger partial charge in [0.15, 0.2) is 11.0 Å². The quantitative estimate of drug-likeness (QED) is 0.0758. The van der Waals surface area contributed by atoms with Crippen molar-refractivity contribution in [2.45, 2.75) is 0 Å². The summed E-state index contributed by atoms with van der Waals surface area (Å²) in [7, 11) is 3.00. The third-order valence-corrected chi connectivity index (χ3v) is 12.4. The van der Waals surface area contributed by atoms with Crippen LogP contribution in [0.15, 0.2) is 117 Å². The lowest BCUT2D eigenvalue weighted by Gasteiger charge is -2.11. The first-order valence-electron chi connectivity index (χ1n) is 20.6. The number of H-pyrrole nitrogens is 2. The van der Waals surface area contributed by atoms with Gasteiger partial charge in [-0.15, -0.1) is 0 Å². The molecular formula is C41H26Cl11N17O12. The number of hydrogen-bond acceptors (Lipinski definition) is 18. The summed E-state index contributed by atoms with van der Waals surface area (Å²) >= 11 is 60.3. The second-order valence-electron chi connectivity index (χ2n) is 14.4. The van der Waals surface area contributed by atoms with Gasteiger partial charge in [0.1, 0.15) is 35.5 Å². The Kier molecular flexibility index (Phi) is 24.1. The zero-order valence-electron chi connectivity index (χ0n) is 39.6. The summed E-state index contributed by atoms with van der Waals surface area (Å²) in [5.41, 5.74) is 2.77. The molecule has 0 saturated carbocycles. The lowest BCUT2D eigenvalue weighted by Crippen LogP contribution is -2.23. The lowest BCUT2D eigenvalue weighted by atomic mass is 10.3. The number of nitrogen functional groups attached to an aromatic ring is 1. The van der Waals surface area contributed by atoms with Crippen LogP contribution in [-0.2, 0) is 14.1 Å². The van der Waals surface area contributed by atoms with Gasteiger partial charge in [0.05, 0.1) is 35.4 Å². The van der Waals surface area contributed by atoms with Crippen molar-refractivity contribution in [1.82, 2.24) is 58.4 Å². The minimum absolute atomic E-state index is 0.00719. The van der Waals surface area contributed by atoms with Crippen molar-refractivity contribution in [3.8, 4) is 17.5 Å². The number of nitrogens with two attached hydrogens (primary N) is 1. The second kappa shape index (κ2) is 29.7. The van der Waals surface area contributed by atoms with Crippen molar-refractivity contribution >= 4 is 156 Å². The van der Waals surface area contributed by atoms with Crippen LogP contribution in [0, 0.1) is 40.5 Å². The molecule has 0 aromatic carbocycles. The maximum Gasteiger partial charge on any atom is 0.313 e. The van der Waals surface area contributed by atoms with E-state index in [4.69, 9.17) is 133 Å². The van der Waals surface area contributed by atoms with Crippen LogP contribution < -0.4 is 28.0 Å². The highest BCUT2D eigenvalue weighted by Crippen LogP contribution is 2.30. The molecule has 4 N–H and O–H groups in total. The predicted octanol–water partition coefficient (Wildman–Crippen LogP) is 10.6. The molecule has 0 aliphatic heterocycles. The summed E-state index contributed by atoms with van der Waals surface area (Å²) in [4.78, 5) is 96.1. The van der Waals surface area contributed by atoms with Gasteiger partial charge < -0.3 is 10.7 Å². The molecule has 81 heavy (non-hydrogen) atoms. The summed E-state index contributed by atoms with van der Waals surface area (Å²) < 4.78 is 6.41. The van der Waals surface area contributed by atoms with E-state index in [1.165, 1.54) is 56.5 Å². The molecule has 0 atom stereocenters. The largest absolute Gasteiger partial charge is 0.396 e. The van der Waals surface area contributed by atoms with Gasteiger partial charge in [-0.05, 0) is 36.4 Å². The van der Waals surface area contributed by atoms with Gasteiger partial charge in [-0.1, -0.05) is 128 Å². The minimum atomic E-state index is -0.732. The molecule has 0 radical (unpaired) electrons. The van der Waals surface area contributed by atoms with Gasteiger partial charge in [0.2, 0.25) is 16.8 Å². The number of halogens is 11. The average molecular weight is 1340 g/mol. The summed E-state index contributed by atoms with van der Waals surface area (Å²) in [6, 6.07) is 13.5. The third-order valence-electron chi connectivity index (χ3n) is 9.17. The van der Waals surface area contributed by atoms with E-state index in [0.717, 1.165) is 28.8 Å². The summed E-state index contributed by atoms with van der Waals surface area (Å²) in [6.07, 6.45) is 9.21. The number of hydrogen-bond donors (Lipinski definition) is 3. The summed E-state index contributed by atoms with van der Waals surface area (Å²) in [5, 5.41) is 53.6. The Hall–Kier alpha value is -7.68. The molecule has 29 nitrogen and oxygen atoms in total. The molecule has 0 amide bonds. The van der Waals surface area contributed by atoms with Crippen LogP contribution in [0.3, 0.4) is 0 Å². The molecule has 40 heteroatoms. The number of nitro groups is 4. The topological polar surface area (TPSA) is 388 Å². The Morgan fingerprint density at radius 1 is 0.469 bits per heavy atom. The first kappa shape index (κ1) is 65.8. The summed E-state index contributed by atoms with van der Waals surface area (Å²) in [5.74, 6) is 0.549. The fraction of sp³-hybridized carbons (Fsp3) is 0.0488. The highest BCUT2D eigenvalue weighted by atomic mass is 35.5. The average Bonchev–Trinajstić information content (AvgIpc) is 4.34. The van der Waals surface area contributed by atoms with Crippen molar-refractivity contribution in [2.24, 2.45) is 14.1 Å². The number of nitrogens with zero attached hydrogens (tertiary/aromatic N) is 14. The third kappa shape index (κ3) is 17.7. The standard InChI is InChI=1S/C9H7ClN4O3.C9H9ClN4O.C8H5ClN4O3.C5HCl3N2O2.C5H2Cl3N.C5H2Cl2N2O3/c1-12-8(13-4-2-3-11-13)7(14(16)17)5-6(10)9(12)15;1-13-8(14-4-2-3-12-14)7(11)5-6(10)9(13)15;9-5-4-6(13(15)16)7(11-8(5)14)12-3-1-2-10-12;6-2-1-3(10(11)12)5(8)9-4(2)7;6-3-1-2-4(7)9-5(3)8;6-2-1-3(9(11)12)4(7)8-5(2)10/h2-5H,1H3;2-5H,11H2,1H3;1-4H,(H,11,14);1H;1-2H;1H,(H,8,10). The number of rotatable bonds is 7. The molecule has 9 aromatic heterocycles. The molecular weight excluding hydrogens is 1310 g/mol. The first-order chi connectivity index (χ1) is 38.0. The van der Waals surface area contributed by atoms with Crippen molar-refractivity contribution in [3.05, 3.63) is 236 Å². The molecule has 0 spiro atoms. The minimum Gasteiger partial charge on any atom is -0.396 e. The zero-order chi connectivity index (χ0) is 60.7. The Morgan fingerprint density at radius 2 is 0.889 bits per heavy atom. The molecule has 0 fully saturated rings. The molecule has 0 bridgehead atoms. The van der Waals surface area contributed by atoms with Gasteiger partial charge in [-0.2, -0.15) is 15.3 Å². The Morgan fingerprint density at radius 3 is 1.36 bits per heavy atom. The van der Waals surface area contributed by atoms with Crippen molar-refractivity contribution in [3.63, 3.8) is 0 Å². The molecule has 9 heterocycles. The van der Waals surface area contributed by atoms with Gasteiger partial charge >= 0.3 is 22.7 Å². The van der Waals surface area contributed by atoms with E-state index in [9.17, 15) is 59.6 Å². The molecule has 0 saturated heterocycles. The Labute approximate surface area is 503 Å². The Bertz CT molecular complexity index is 4030. The van der Waals surface area contributed by atoms with E-state index in [2.05, 4.69) is 30.2 Å². The van der Waals surface area contributed by atoms with E-state index in [1.54, 1.807) is 49.8 Å². The molecule has 0 unspecified atom stereocenters. The first-order valence-corrected chi connectivity index (χ1v) is 24.7. The van der Waals surface area contributed by atoms with Gasteiger partial charge in [0.25, 0.3) is 22.2 Å². The van der Waals surface area contributed by atoms with Crippen LogP contribution in [-0.4, -0.2) is 78.1 Å². The summed E-state index contributed by atoms with van der Waals surface area (Å²) in [6.45, 7) is 0. The van der Waals surface area contributed by atoms with E-state index < -0.39 is 42.1 Å². The SMILES string of the molecule is Clc1ccc(Cl)c(Cl)n1.Cn1c(-n2cccn2)c(N)cc(Cl)c1=O.Cn1c(-n2cccn2)c([N+](=O)[O-])cc(Cl)c1=O.O=[N+]([O-])c1cc(Cl)c(Cl)nc1Cl.O=c1[nH]c(-n2cccn2)c([N+](=O)[O-])cc1Cl.O=c1[nH]c(Cl)c([N+](=O)[O-])cc1Cl. The van der Waals surface area contributed by atoms with Gasteiger partial charge in [0, 0.05) is 75.5 Å². The highest BCUT2D eigenvalue weighted by molar-refractivity contribution is 6.43. The number of anilines is 1. The molecule has 424 valence electrons. The lowest BCUT2D eigenvalue weighted by molar-refractivity contribution is -0.385. The van der Waals surface area contributed by atoms with Crippen LogP contribution in [0.4, 0.5) is 28.4 Å². The van der Waals surface area contributed by atoms with Crippen LogP contribution in [0.25, 0.3) is 17.5 Å². The molecule has 0 aliphatic carbocycles. The number of nitrogens with one attached hydrogen (secondary N) is 2.